The van der Waals surface area contributed by atoms with Crippen LogP contribution in [0.25, 0.3) is 0 Å². The number of carbonyl (C=O) groups excluding carboxylic acids is 1. The molecular weight excluding hydrogens is 324 g/mol. The maximum atomic E-state index is 12.1. The van der Waals surface area contributed by atoms with Crippen LogP contribution >= 0.6 is 11.3 Å². The zero-order valence-corrected chi connectivity index (χ0v) is 13.0. The number of hydrogen-bond acceptors (Lipinski definition) is 4. The van der Waals surface area contributed by atoms with E-state index in [-0.39, 0.29) is 5.75 Å². The number of anilines is 2. The van der Waals surface area contributed by atoms with E-state index >= 15 is 0 Å². The van der Waals surface area contributed by atoms with E-state index in [2.05, 4.69) is 20.4 Å². The fourth-order valence-corrected chi connectivity index (χ4v) is 3.43. The number of ether oxygens (including phenoxy) is 1. The second-order valence-electron chi connectivity index (χ2n) is 5.08. The number of fused-ring (bicyclic) bond motifs is 1. The molecule has 2 N–H and O–H groups in total. The van der Waals surface area contributed by atoms with Crippen LogP contribution in [0.1, 0.15) is 23.4 Å². The van der Waals surface area contributed by atoms with Crippen molar-refractivity contribution < 1.29 is 18.3 Å². The van der Waals surface area contributed by atoms with Gasteiger partial charge in [-0.3, -0.25) is 5.32 Å². The molecule has 5 nitrogen and oxygen atoms in total. The molecule has 0 unspecified atom stereocenters. The van der Waals surface area contributed by atoms with E-state index in [1.807, 2.05) is 0 Å². The molecule has 0 radical (unpaired) electrons. The van der Waals surface area contributed by atoms with Crippen LogP contribution < -0.4 is 15.4 Å². The van der Waals surface area contributed by atoms with Gasteiger partial charge < -0.3 is 10.1 Å². The molecule has 1 aliphatic carbocycles. The van der Waals surface area contributed by atoms with Gasteiger partial charge in [-0.15, -0.1) is 11.3 Å². The van der Waals surface area contributed by atoms with Gasteiger partial charge in [0.2, 0.25) is 0 Å². The normalized spacial score (nSPS) is 13.5. The summed E-state index contributed by atoms with van der Waals surface area (Å²) in [4.78, 5) is 17.6. The molecule has 0 atom stereocenters. The molecule has 23 heavy (non-hydrogen) atoms. The number of hydrogen-bond donors (Lipinski definition) is 2. The SMILES string of the molecule is O=C(Nc1ccc(OC(F)F)cc1)Nc1nc2c(s1)CCCC2. The van der Waals surface area contributed by atoms with Crippen molar-refractivity contribution >= 4 is 28.2 Å². The Hall–Kier alpha value is -2.22. The van der Waals surface area contributed by atoms with Crippen molar-refractivity contribution in [1.82, 2.24) is 4.98 Å². The highest BCUT2D eigenvalue weighted by Crippen LogP contribution is 2.29. The third kappa shape index (κ3) is 4.16. The first-order valence-electron chi connectivity index (χ1n) is 7.21. The Kier molecular flexibility index (Phi) is 4.71. The zero-order chi connectivity index (χ0) is 16.2. The summed E-state index contributed by atoms with van der Waals surface area (Å²) < 4.78 is 28.4. The van der Waals surface area contributed by atoms with E-state index < -0.39 is 12.6 Å². The van der Waals surface area contributed by atoms with Gasteiger partial charge in [-0.25, -0.2) is 9.78 Å². The fourth-order valence-electron chi connectivity index (χ4n) is 2.38. The van der Waals surface area contributed by atoms with E-state index in [1.54, 1.807) is 0 Å². The summed E-state index contributed by atoms with van der Waals surface area (Å²) in [5.41, 5.74) is 1.55. The lowest BCUT2D eigenvalue weighted by atomic mass is 10.0. The maximum Gasteiger partial charge on any atom is 0.387 e. The molecule has 0 bridgehead atoms. The standard InChI is InChI=1S/C15H15F2N3O2S/c16-13(17)22-10-7-5-9(6-8-10)18-14(21)20-15-19-11-3-1-2-4-12(11)23-15/h5-8,13H,1-4H2,(H2,18,19,20,21). The van der Waals surface area contributed by atoms with Crippen molar-refractivity contribution in [1.29, 1.82) is 0 Å². The van der Waals surface area contributed by atoms with E-state index in [1.165, 1.54) is 40.5 Å². The fraction of sp³-hybridized carbons (Fsp3) is 0.333. The van der Waals surface area contributed by atoms with Gasteiger partial charge in [0.15, 0.2) is 5.13 Å². The van der Waals surface area contributed by atoms with Gasteiger partial charge in [-0.05, 0) is 49.9 Å². The van der Waals surface area contributed by atoms with Crippen LogP contribution in [0.5, 0.6) is 5.75 Å². The molecule has 8 heteroatoms. The Morgan fingerprint density at radius 2 is 1.91 bits per heavy atom. The third-order valence-corrected chi connectivity index (χ3v) is 4.48. The smallest absolute Gasteiger partial charge is 0.387 e. The molecular formula is C15H15F2N3O2S. The molecule has 122 valence electrons. The molecule has 0 saturated carbocycles. The summed E-state index contributed by atoms with van der Waals surface area (Å²) in [5, 5.41) is 5.90. The molecule has 0 fully saturated rings. The Balaban J connectivity index is 1.57. The van der Waals surface area contributed by atoms with Gasteiger partial charge in [-0.2, -0.15) is 8.78 Å². The number of nitrogens with zero attached hydrogens (tertiary/aromatic N) is 1. The number of rotatable bonds is 4. The van der Waals surface area contributed by atoms with Gasteiger partial charge in [-0.1, -0.05) is 0 Å². The van der Waals surface area contributed by atoms with E-state index in [0.717, 1.165) is 31.4 Å². The number of nitrogens with one attached hydrogen (secondary N) is 2. The molecule has 0 spiro atoms. The van der Waals surface area contributed by atoms with Gasteiger partial charge >= 0.3 is 12.6 Å². The van der Waals surface area contributed by atoms with Crippen molar-refractivity contribution in [3.05, 3.63) is 34.8 Å². The van der Waals surface area contributed by atoms with Crippen molar-refractivity contribution in [3.8, 4) is 5.75 Å². The first-order chi connectivity index (χ1) is 11.1. The number of urea groups is 1. The molecule has 1 aromatic heterocycles. The van der Waals surface area contributed by atoms with Crippen LogP contribution in [0.3, 0.4) is 0 Å². The highest BCUT2D eigenvalue weighted by Gasteiger charge is 2.16. The minimum absolute atomic E-state index is 0.0403. The van der Waals surface area contributed by atoms with E-state index in [4.69, 9.17) is 0 Å². The van der Waals surface area contributed by atoms with Crippen LogP contribution in [-0.4, -0.2) is 17.6 Å². The second-order valence-corrected chi connectivity index (χ2v) is 6.16. The molecule has 1 aliphatic rings. The number of carbonyl (C=O) groups is 1. The molecule has 1 heterocycles. The summed E-state index contributed by atoms with van der Waals surface area (Å²) in [6.45, 7) is -2.87. The summed E-state index contributed by atoms with van der Waals surface area (Å²) in [6.07, 6.45) is 4.27. The van der Waals surface area contributed by atoms with Crippen LogP contribution in [0.15, 0.2) is 24.3 Å². The van der Waals surface area contributed by atoms with Crippen LogP contribution in [0.4, 0.5) is 24.4 Å². The summed E-state index contributed by atoms with van der Waals surface area (Å²) in [5.74, 6) is 0.0403. The van der Waals surface area contributed by atoms with Gasteiger partial charge in [0.05, 0.1) is 5.69 Å². The number of aryl methyl sites for hydroxylation is 2. The lowest BCUT2D eigenvalue weighted by molar-refractivity contribution is -0.0498. The van der Waals surface area contributed by atoms with Crippen molar-refractivity contribution in [2.75, 3.05) is 10.6 Å². The molecule has 1 aromatic carbocycles. The zero-order valence-electron chi connectivity index (χ0n) is 12.1. The average molecular weight is 339 g/mol. The molecule has 0 saturated heterocycles. The second kappa shape index (κ2) is 6.91. The average Bonchev–Trinajstić information content (AvgIpc) is 2.90. The predicted molar refractivity (Wildman–Crippen MR) is 84.5 cm³/mol. The first-order valence-corrected chi connectivity index (χ1v) is 8.03. The topological polar surface area (TPSA) is 63.2 Å². The van der Waals surface area contributed by atoms with Crippen LogP contribution in [0, 0.1) is 0 Å². The quantitative estimate of drug-likeness (QED) is 0.874. The number of thiazole rings is 1. The summed E-state index contributed by atoms with van der Waals surface area (Å²) in [7, 11) is 0. The lowest BCUT2D eigenvalue weighted by Gasteiger charge is -2.07. The Morgan fingerprint density at radius 3 is 2.61 bits per heavy atom. The predicted octanol–water partition coefficient (Wildman–Crippen LogP) is 4.27. The van der Waals surface area contributed by atoms with Gasteiger partial charge in [0, 0.05) is 10.6 Å². The van der Waals surface area contributed by atoms with Gasteiger partial charge in [0.1, 0.15) is 5.75 Å². The van der Waals surface area contributed by atoms with E-state index in [0.29, 0.717) is 10.8 Å². The number of halogens is 2. The molecule has 0 aliphatic heterocycles. The Labute approximate surface area is 135 Å². The highest BCUT2D eigenvalue weighted by molar-refractivity contribution is 7.15. The maximum absolute atomic E-state index is 12.1. The number of alkyl halides is 2. The number of benzene rings is 1. The van der Waals surface area contributed by atoms with Crippen LogP contribution in [-0.2, 0) is 12.8 Å². The minimum Gasteiger partial charge on any atom is -0.435 e. The minimum atomic E-state index is -2.87. The van der Waals surface area contributed by atoms with E-state index in [9.17, 15) is 13.6 Å². The molecule has 2 amide bonds. The highest BCUT2D eigenvalue weighted by atomic mass is 32.1. The van der Waals surface area contributed by atoms with Gasteiger partial charge in [0.25, 0.3) is 0 Å². The summed E-state index contributed by atoms with van der Waals surface area (Å²) in [6, 6.07) is 5.29. The number of aromatic nitrogens is 1. The monoisotopic (exact) mass is 339 g/mol. The Bertz CT molecular complexity index is 665. The van der Waals surface area contributed by atoms with Crippen molar-refractivity contribution in [2.24, 2.45) is 0 Å². The lowest BCUT2D eigenvalue weighted by Crippen LogP contribution is -2.19. The number of amides is 2. The van der Waals surface area contributed by atoms with Crippen molar-refractivity contribution in [2.45, 2.75) is 32.3 Å². The largest absolute Gasteiger partial charge is 0.435 e. The third-order valence-electron chi connectivity index (χ3n) is 3.40. The van der Waals surface area contributed by atoms with Crippen LogP contribution in [0.2, 0.25) is 0 Å². The summed E-state index contributed by atoms with van der Waals surface area (Å²) >= 11 is 1.50. The van der Waals surface area contributed by atoms with Crippen molar-refractivity contribution in [3.63, 3.8) is 0 Å². The molecule has 2 aromatic rings. The Morgan fingerprint density at radius 1 is 1.17 bits per heavy atom. The molecule has 3 rings (SSSR count). The first kappa shape index (κ1) is 15.7.